The summed E-state index contributed by atoms with van der Waals surface area (Å²) in [6.07, 6.45) is 2.59. The minimum absolute atomic E-state index is 0.00982. The standard InChI is InChI=1S/C27H33F2NO10/c1-5-10-37-26(34)27(28,29)19-13-22(32)25(23(14-19)40-24(33)7-6-11-39-30(35)36)21-12-18(15-38-17(4)31)8-9-20(21)16(2)3/h12-14,20-21,32H,2,5-11,15H2,1,3-4H3/t20-,21+/m1/s1. The predicted octanol–water partition coefficient (Wildman–Crippen LogP) is 4.89. The van der Waals surface area contributed by atoms with Gasteiger partial charge in [0, 0.05) is 30.4 Å². The van der Waals surface area contributed by atoms with Crippen molar-refractivity contribution in [3.63, 3.8) is 0 Å². The van der Waals surface area contributed by atoms with Gasteiger partial charge in [-0.1, -0.05) is 25.2 Å². The van der Waals surface area contributed by atoms with Crippen molar-refractivity contribution in [1.82, 2.24) is 0 Å². The number of allylic oxidation sites excluding steroid dienone is 2. The summed E-state index contributed by atoms with van der Waals surface area (Å²) in [7, 11) is 0. The van der Waals surface area contributed by atoms with Crippen LogP contribution in [0, 0.1) is 16.0 Å². The number of hydrogen-bond acceptors (Lipinski definition) is 10. The molecule has 0 saturated heterocycles. The quantitative estimate of drug-likeness (QED) is 0.0819. The molecule has 0 amide bonds. The number of benzene rings is 1. The third-order valence-electron chi connectivity index (χ3n) is 6.17. The van der Waals surface area contributed by atoms with Gasteiger partial charge in [0.25, 0.3) is 5.09 Å². The Morgan fingerprint density at radius 1 is 1.20 bits per heavy atom. The number of halogens is 2. The van der Waals surface area contributed by atoms with Crippen LogP contribution in [-0.4, -0.2) is 47.9 Å². The lowest BCUT2D eigenvalue weighted by Gasteiger charge is -2.33. The molecule has 0 fully saturated rings. The Balaban J connectivity index is 2.57. The summed E-state index contributed by atoms with van der Waals surface area (Å²) in [5.41, 5.74) is 0.438. The van der Waals surface area contributed by atoms with Gasteiger partial charge in [0.2, 0.25) is 0 Å². The molecule has 0 heterocycles. The number of phenolic OH excluding ortho intramolecular Hbond substituents is 1. The molecule has 0 aliphatic heterocycles. The molecule has 0 spiro atoms. The molecule has 0 unspecified atom stereocenters. The van der Waals surface area contributed by atoms with Crippen LogP contribution in [0.1, 0.15) is 69.9 Å². The van der Waals surface area contributed by atoms with Crippen molar-refractivity contribution in [2.45, 2.75) is 64.7 Å². The van der Waals surface area contributed by atoms with Crippen molar-refractivity contribution < 1.29 is 52.4 Å². The van der Waals surface area contributed by atoms with Gasteiger partial charge < -0.3 is 24.2 Å². The van der Waals surface area contributed by atoms with Gasteiger partial charge >= 0.3 is 23.8 Å². The molecule has 1 aromatic carbocycles. The highest BCUT2D eigenvalue weighted by Crippen LogP contribution is 2.48. The number of rotatable bonds is 14. The van der Waals surface area contributed by atoms with E-state index in [1.165, 1.54) is 6.92 Å². The van der Waals surface area contributed by atoms with Crippen molar-refractivity contribution in [2.75, 3.05) is 19.8 Å². The summed E-state index contributed by atoms with van der Waals surface area (Å²) in [4.78, 5) is 50.5. The number of hydrogen-bond donors (Lipinski definition) is 1. The van der Waals surface area contributed by atoms with E-state index < -0.39 is 58.5 Å². The van der Waals surface area contributed by atoms with Gasteiger partial charge in [-0.2, -0.15) is 8.78 Å². The van der Waals surface area contributed by atoms with Gasteiger partial charge in [-0.3, -0.25) is 9.59 Å². The number of nitrogens with zero attached hydrogens (tertiary/aromatic N) is 1. The molecule has 40 heavy (non-hydrogen) atoms. The summed E-state index contributed by atoms with van der Waals surface area (Å²) in [5.74, 6) is -9.57. The van der Waals surface area contributed by atoms with Gasteiger partial charge in [0.05, 0.1) is 13.2 Å². The van der Waals surface area contributed by atoms with Gasteiger partial charge in [-0.15, -0.1) is 10.1 Å². The minimum atomic E-state index is -4.18. The highest BCUT2D eigenvalue weighted by Gasteiger charge is 2.44. The lowest BCUT2D eigenvalue weighted by atomic mass is 9.73. The van der Waals surface area contributed by atoms with Crippen molar-refractivity contribution in [2.24, 2.45) is 5.92 Å². The lowest BCUT2D eigenvalue weighted by molar-refractivity contribution is -0.757. The maximum Gasteiger partial charge on any atom is 0.381 e. The third kappa shape index (κ3) is 8.75. The maximum atomic E-state index is 15.0. The molecular formula is C27H33F2NO10. The van der Waals surface area contributed by atoms with Crippen molar-refractivity contribution in [3.8, 4) is 11.5 Å². The molecule has 1 aromatic rings. The second-order valence-electron chi connectivity index (χ2n) is 9.37. The SMILES string of the molecule is C=C(C)[C@H]1CCC(COC(C)=O)=C[C@@H]1c1c(O)cc(C(F)(F)C(=O)OCCC)cc1OC(=O)CCCO[N+](=O)[O-]. The number of carbonyl (C=O) groups excluding carboxylic acids is 3. The Labute approximate surface area is 229 Å². The van der Waals surface area contributed by atoms with Gasteiger partial charge in [0.1, 0.15) is 18.1 Å². The van der Waals surface area contributed by atoms with E-state index in [4.69, 9.17) is 9.47 Å². The fourth-order valence-corrected chi connectivity index (χ4v) is 4.27. The van der Waals surface area contributed by atoms with E-state index in [-0.39, 0.29) is 37.5 Å². The zero-order valence-electron chi connectivity index (χ0n) is 22.6. The Kier molecular flexibility index (Phi) is 11.6. The molecular weight excluding hydrogens is 536 g/mol. The molecule has 11 nitrogen and oxygen atoms in total. The zero-order valence-corrected chi connectivity index (χ0v) is 22.6. The Morgan fingerprint density at radius 3 is 2.50 bits per heavy atom. The monoisotopic (exact) mass is 569 g/mol. The molecule has 0 saturated carbocycles. The van der Waals surface area contributed by atoms with Crippen LogP contribution in [0.15, 0.2) is 35.9 Å². The molecule has 0 aromatic heterocycles. The first-order valence-electron chi connectivity index (χ1n) is 12.7. The average Bonchev–Trinajstić information content (AvgIpc) is 2.87. The zero-order chi connectivity index (χ0) is 30.0. The van der Waals surface area contributed by atoms with Crippen LogP contribution in [0.2, 0.25) is 0 Å². The largest absolute Gasteiger partial charge is 0.507 e. The fraction of sp³-hybridized carbons (Fsp3) is 0.519. The topological polar surface area (TPSA) is 152 Å². The van der Waals surface area contributed by atoms with E-state index in [9.17, 15) is 29.6 Å². The average molecular weight is 570 g/mol. The van der Waals surface area contributed by atoms with Crippen LogP contribution in [0.5, 0.6) is 11.5 Å². The number of carbonyl (C=O) groups is 3. The second kappa shape index (κ2) is 14.4. The van der Waals surface area contributed by atoms with Crippen LogP contribution < -0.4 is 4.74 Å². The number of ether oxygens (including phenoxy) is 3. The molecule has 1 aliphatic rings. The first kappa shape index (κ1) is 32.2. The van der Waals surface area contributed by atoms with E-state index in [1.807, 2.05) is 0 Å². The first-order chi connectivity index (χ1) is 18.8. The summed E-state index contributed by atoms with van der Waals surface area (Å²) in [6, 6.07) is 1.51. The van der Waals surface area contributed by atoms with Crippen LogP contribution in [0.25, 0.3) is 0 Å². The first-order valence-corrected chi connectivity index (χ1v) is 12.7. The lowest BCUT2D eigenvalue weighted by Crippen LogP contribution is -2.29. The minimum Gasteiger partial charge on any atom is -0.507 e. The van der Waals surface area contributed by atoms with Crippen LogP contribution >= 0.6 is 0 Å². The highest BCUT2D eigenvalue weighted by atomic mass is 19.3. The van der Waals surface area contributed by atoms with E-state index in [1.54, 1.807) is 19.9 Å². The van der Waals surface area contributed by atoms with Crippen LogP contribution in [0.3, 0.4) is 0 Å². The second-order valence-corrected chi connectivity index (χ2v) is 9.37. The van der Waals surface area contributed by atoms with Gasteiger partial charge in [-0.25, -0.2) is 4.79 Å². The maximum absolute atomic E-state index is 15.0. The Bertz CT molecular complexity index is 1160. The smallest absolute Gasteiger partial charge is 0.381 e. The molecule has 0 radical (unpaired) electrons. The van der Waals surface area contributed by atoms with Crippen LogP contribution in [-0.2, 0) is 34.6 Å². The third-order valence-corrected chi connectivity index (χ3v) is 6.17. The van der Waals surface area contributed by atoms with Gasteiger partial charge in [0.15, 0.2) is 0 Å². The van der Waals surface area contributed by atoms with E-state index in [0.717, 1.165) is 6.07 Å². The summed E-state index contributed by atoms with van der Waals surface area (Å²) in [5, 5.41) is 20.3. The Morgan fingerprint density at radius 2 is 1.90 bits per heavy atom. The number of phenols is 1. The fourth-order valence-electron chi connectivity index (χ4n) is 4.27. The molecule has 1 aliphatic carbocycles. The summed E-state index contributed by atoms with van der Waals surface area (Å²) in [6.45, 7) is 7.96. The van der Waals surface area contributed by atoms with E-state index in [0.29, 0.717) is 36.5 Å². The Hall–Kier alpha value is -4.03. The van der Waals surface area contributed by atoms with Crippen LogP contribution in [0.4, 0.5) is 8.78 Å². The summed E-state index contributed by atoms with van der Waals surface area (Å²) < 4.78 is 45.1. The molecule has 1 N–H and O–H groups in total. The van der Waals surface area contributed by atoms with Gasteiger partial charge in [-0.05, 0) is 56.2 Å². The molecule has 2 rings (SSSR count). The molecule has 220 valence electrons. The highest BCUT2D eigenvalue weighted by molar-refractivity contribution is 5.80. The van der Waals surface area contributed by atoms with Crippen molar-refractivity contribution in [3.05, 3.63) is 57.2 Å². The van der Waals surface area contributed by atoms with E-state index >= 15 is 8.78 Å². The molecule has 2 atom stereocenters. The molecule has 0 bridgehead atoms. The number of esters is 3. The number of aromatic hydroxyl groups is 1. The van der Waals surface area contributed by atoms with Crippen molar-refractivity contribution in [1.29, 1.82) is 0 Å². The number of alkyl halides is 2. The predicted molar refractivity (Wildman–Crippen MR) is 136 cm³/mol. The molecule has 13 heteroatoms. The summed E-state index contributed by atoms with van der Waals surface area (Å²) >= 11 is 0. The van der Waals surface area contributed by atoms with E-state index in [2.05, 4.69) is 16.2 Å². The normalized spacial score (nSPS) is 16.9. The van der Waals surface area contributed by atoms with Crippen molar-refractivity contribution >= 4 is 17.9 Å².